The van der Waals surface area contributed by atoms with Gasteiger partial charge in [0.2, 0.25) is 0 Å². The van der Waals surface area contributed by atoms with E-state index in [-0.39, 0.29) is 0 Å². The molecule has 0 aliphatic carbocycles. The molecule has 0 aliphatic heterocycles. The fourth-order valence-corrected chi connectivity index (χ4v) is 0.746. The van der Waals surface area contributed by atoms with Crippen molar-refractivity contribution in [2.45, 2.75) is 45.3 Å². The van der Waals surface area contributed by atoms with Crippen molar-refractivity contribution < 1.29 is 10.2 Å². The normalized spacial score (nSPS) is 10.7. The number of aliphatic hydroxyl groups is 1. The van der Waals surface area contributed by atoms with E-state index in [1.165, 1.54) is 12.8 Å². The lowest BCUT2D eigenvalue weighted by atomic mass is 10.1. The Balaban J connectivity index is 2.75. The van der Waals surface area contributed by atoms with Crippen LogP contribution in [0.2, 0.25) is 0 Å². The van der Waals surface area contributed by atoms with Gasteiger partial charge in [0, 0.05) is 6.42 Å². The van der Waals surface area contributed by atoms with Gasteiger partial charge in [-0.25, -0.2) is 5.11 Å². The summed E-state index contributed by atoms with van der Waals surface area (Å²) in [5.74, 6) is 0. The lowest BCUT2D eigenvalue weighted by Gasteiger charge is -1.98. The topological polar surface area (TPSA) is 40.1 Å². The van der Waals surface area contributed by atoms with Gasteiger partial charge in [0.25, 0.3) is 0 Å². The lowest BCUT2D eigenvalue weighted by molar-refractivity contribution is -0.0968. The van der Waals surface area contributed by atoms with Gasteiger partial charge in [-0.2, -0.15) is 0 Å². The van der Waals surface area contributed by atoms with E-state index in [1.807, 2.05) is 0 Å². The SMILES string of the molecule is CCCCCCC([O])O. The Bertz CT molecular complexity index is 52.9. The molecule has 0 bridgehead atoms. The van der Waals surface area contributed by atoms with Crippen molar-refractivity contribution in [2.24, 2.45) is 0 Å². The maximum atomic E-state index is 10.0. The first kappa shape index (κ1) is 8.92. The van der Waals surface area contributed by atoms with E-state index < -0.39 is 6.29 Å². The Morgan fingerprint density at radius 3 is 2.44 bits per heavy atom. The molecule has 2 heteroatoms. The molecule has 0 heterocycles. The van der Waals surface area contributed by atoms with Crippen LogP contribution >= 0.6 is 0 Å². The van der Waals surface area contributed by atoms with Crippen molar-refractivity contribution in [1.29, 1.82) is 0 Å². The van der Waals surface area contributed by atoms with E-state index in [2.05, 4.69) is 6.92 Å². The summed E-state index contributed by atoms with van der Waals surface area (Å²) in [6, 6.07) is 0. The maximum Gasteiger partial charge on any atom is 0.188 e. The molecule has 0 saturated heterocycles. The molecule has 0 rings (SSSR count). The minimum atomic E-state index is -1.35. The van der Waals surface area contributed by atoms with Crippen molar-refractivity contribution in [2.75, 3.05) is 0 Å². The van der Waals surface area contributed by atoms with Crippen molar-refractivity contribution >= 4 is 0 Å². The van der Waals surface area contributed by atoms with Crippen molar-refractivity contribution in [1.82, 2.24) is 0 Å². The molecule has 9 heavy (non-hydrogen) atoms. The van der Waals surface area contributed by atoms with E-state index >= 15 is 0 Å². The Hall–Kier alpha value is -0.0800. The Labute approximate surface area is 56.5 Å². The third-order valence-corrected chi connectivity index (χ3v) is 1.30. The van der Waals surface area contributed by atoms with Gasteiger partial charge < -0.3 is 5.11 Å². The second-order valence-electron chi connectivity index (χ2n) is 2.30. The average molecular weight is 131 g/mol. The van der Waals surface area contributed by atoms with Crippen LogP contribution in [0.3, 0.4) is 0 Å². The van der Waals surface area contributed by atoms with Gasteiger partial charge in [-0.15, -0.1) is 0 Å². The van der Waals surface area contributed by atoms with Gasteiger partial charge in [0.15, 0.2) is 6.29 Å². The van der Waals surface area contributed by atoms with Crippen LogP contribution in [0.15, 0.2) is 0 Å². The summed E-state index contributed by atoms with van der Waals surface area (Å²) in [6.45, 7) is 2.12. The third kappa shape index (κ3) is 7.92. The largest absolute Gasteiger partial charge is 0.366 e. The first-order valence-corrected chi connectivity index (χ1v) is 3.61. The quantitative estimate of drug-likeness (QED) is 0.447. The van der Waals surface area contributed by atoms with Gasteiger partial charge >= 0.3 is 0 Å². The van der Waals surface area contributed by atoms with Crippen LogP contribution < -0.4 is 0 Å². The zero-order valence-corrected chi connectivity index (χ0v) is 5.97. The smallest absolute Gasteiger partial charge is 0.188 e. The minimum Gasteiger partial charge on any atom is -0.366 e. The monoisotopic (exact) mass is 131 g/mol. The van der Waals surface area contributed by atoms with Crippen LogP contribution in [0.1, 0.15) is 39.0 Å². The van der Waals surface area contributed by atoms with Crippen LogP contribution in [0, 0.1) is 0 Å². The first-order chi connectivity index (χ1) is 4.27. The third-order valence-electron chi connectivity index (χ3n) is 1.30. The average Bonchev–Trinajstić information content (AvgIpc) is 1.80. The highest BCUT2D eigenvalue weighted by Crippen LogP contribution is 2.03. The van der Waals surface area contributed by atoms with Crippen LogP contribution in [0.5, 0.6) is 0 Å². The van der Waals surface area contributed by atoms with Crippen LogP contribution in [0.4, 0.5) is 0 Å². The molecule has 1 radical (unpaired) electrons. The maximum absolute atomic E-state index is 10.0. The van der Waals surface area contributed by atoms with Gasteiger partial charge in [-0.1, -0.05) is 26.2 Å². The fraction of sp³-hybridized carbons (Fsp3) is 1.00. The summed E-state index contributed by atoms with van der Waals surface area (Å²) in [7, 11) is 0. The van der Waals surface area contributed by atoms with E-state index in [0.29, 0.717) is 6.42 Å². The number of hydrogen-bond donors (Lipinski definition) is 1. The zero-order valence-electron chi connectivity index (χ0n) is 5.97. The zero-order chi connectivity index (χ0) is 7.11. The molecule has 0 fully saturated rings. The van der Waals surface area contributed by atoms with E-state index in [9.17, 15) is 5.11 Å². The molecule has 0 aliphatic rings. The number of aliphatic hydroxyl groups excluding tert-OH is 1. The molecule has 2 nitrogen and oxygen atoms in total. The summed E-state index contributed by atoms with van der Waals surface area (Å²) in [5.41, 5.74) is 0. The molecule has 0 aromatic rings. The van der Waals surface area contributed by atoms with Gasteiger partial charge in [-0.05, 0) is 6.42 Å². The molecule has 1 unspecified atom stereocenters. The Kier molecular flexibility index (Phi) is 5.99. The number of rotatable bonds is 5. The molecule has 0 saturated carbocycles. The first-order valence-electron chi connectivity index (χ1n) is 3.61. The fourth-order valence-electron chi connectivity index (χ4n) is 0.746. The van der Waals surface area contributed by atoms with Crippen molar-refractivity contribution in [3.05, 3.63) is 0 Å². The molecule has 0 amide bonds. The molecular formula is C7H15O2. The van der Waals surface area contributed by atoms with Crippen LogP contribution in [0.25, 0.3) is 0 Å². The molecule has 0 aromatic carbocycles. The highest BCUT2D eigenvalue weighted by Gasteiger charge is 1.96. The molecule has 1 N–H and O–H groups in total. The summed E-state index contributed by atoms with van der Waals surface area (Å²) in [5, 5.41) is 18.3. The summed E-state index contributed by atoms with van der Waals surface area (Å²) >= 11 is 0. The predicted molar refractivity (Wildman–Crippen MR) is 35.5 cm³/mol. The molecule has 55 valence electrons. The standard InChI is InChI=1S/C7H15O2/c1-2-3-4-5-6-7(8)9/h7-8H,2-6H2,1H3. The highest BCUT2D eigenvalue weighted by molar-refractivity contribution is 4.42. The second kappa shape index (κ2) is 6.05. The predicted octanol–water partition coefficient (Wildman–Crippen LogP) is 1.71. The van der Waals surface area contributed by atoms with Gasteiger partial charge in [0.05, 0.1) is 0 Å². The second-order valence-corrected chi connectivity index (χ2v) is 2.30. The summed E-state index contributed by atoms with van der Waals surface area (Å²) in [6.07, 6.45) is 3.37. The van der Waals surface area contributed by atoms with Gasteiger partial charge in [-0.3, -0.25) is 0 Å². The number of hydrogen-bond acceptors (Lipinski definition) is 1. The van der Waals surface area contributed by atoms with Crippen LogP contribution in [-0.2, 0) is 5.11 Å². The van der Waals surface area contributed by atoms with E-state index in [0.717, 1.165) is 12.8 Å². The molecule has 0 spiro atoms. The molecule has 0 aromatic heterocycles. The van der Waals surface area contributed by atoms with Gasteiger partial charge in [0.1, 0.15) is 0 Å². The number of unbranched alkanes of at least 4 members (excludes halogenated alkanes) is 3. The van der Waals surface area contributed by atoms with E-state index in [1.54, 1.807) is 0 Å². The van der Waals surface area contributed by atoms with Crippen molar-refractivity contribution in [3.63, 3.8) is 0 Å². The molecular weight excluding hydrogens is 116 g/mol. The Morgan fingerprint density at radius 1 is 1.33 bits per heavy atom. The van der Waals surface area contributed by atoms with Crippen molar-refractivity contribution in [3.8, 4) is 0 Å². The van der Waals surface area contributed by atoms with Crippen LogP contribution in [-0.4, -0.2) is 11.4 Å². The Morgan fingerprint density at radius 2 is 2.00 bits per heavy atom. The minimum absolute atomic E-state index is 0.417. The lowest BCUT2D eigenvalue weighted by Crippen LogP contribution is -2.00. The molecule has 1 atom stereocenters. The highest BCUT2D eigenvalue weighted by atomic mass is 16.5. The summed E-state index contributed by atoms with van der Waals surface area (Å²) in [4.78, 5) is 0. The van der Waals surface area contributed by atoms with E-state index in [4.69, 9.17) is 5.11 Å². The summed E-state index contributed by atoms with van der Waals surface area (Å²) < 4.78 is 0.